The summed E-state index contributed by atoms with van der Waals surface area (Å²) >= 11 is 5.88. The topological polar surface area (TPSA) is 175 Å². The predicted molar refractivity (Wildman–Crippen MR) is 138 cm³/mol. The van der Waals surface area contributed by atoms with E-state index in [1.54, 1.807) is 14.2 Å². The molecule has 0 radical (unpaired) electrons. The smallest absolute Gasteiger partial charge is 0.245 e. The monoisotopic (exact) mass is 584 g/mol. The van der Waals surface area contributed by atoms with E-state index in [0.29, 0.717) is 23.7 Å². The number of methoxy groups -OCH3 is 5. The van der Waals surface area contributed by atoms with E-state index in [9.17, 15) is 8.42 Å². The number of nitrogens with zero attached hydrogens (tertiary/aromatic N) is 7. The Morgan fingerprint density at radius 3 is 2.10 bits per heavy atom. The number of anilines is 1. The third-order valence-corrected chi connectivity index (χ3v) is 8.46. The molecule has 3 heterocycles. The molecule has 1 N–H and O–H groups in total. The van der Waals surface area contributed by atoms with E-state index in [-0.39, 0.29) is 35.1 Å². The Hall–Kier alpha value is -3.18. The van der Waals surface area contributed by atoms with Gasteiger partial charge in [-0.3, -0.25) is 9.29 Å². The molecule has 17 heteroatoms. The van der Waals surface area contributed by atoms with Gasteiger partial charge in [-0.25, -0.2) is 18.4 Å². The molecule has 3 aromatic heterocycles. The van der Waals surface area contributed by atoms with Crippen LogP contribution in [0.15, 0.2) is 18.7 Å². The van der Waals surface area contributed by atoms with E-state index in [1.165, 1.54) is 51.5 Å². The fraction of sp³-hybridized carbons (Fsp3) is 0.545. The molecule has 0 amide bonds. The Morgan fingerprint density at radius 1 is 1.00 bits per heavy atom. The molecule has 1 saturated carbocycles. The maximum Gasteiger partial charge on any atom is 0.245 e. The minimum absolute atomic E-state index is 0.116. The Bertz CT molecular complexity index is 1370. The standard InChI is InChI=1S/C22H29ClN8O7S/c1-12(16(34-2)17-24-9-14(23)10-25-17)39(32,33)30-21-29-28-18(13-7-22(8-13,37-5)38-6)31(21)15-19(35-3)26-11-27-20(15)36-4/h9-13,16H,7-8H2,1-6H3,(H,29,30). The largest absolute Gasteiger partial charge is 0.479 e. The summed E-state index contributed by atoms with van der Waals surface area (Å²) in [6.07, 6.45) is 3.85. The van der Waals surface area contributed by atoms with E-state index in [2.05, 4.69) is 34.9 Å². The summed E-state index contributed by atoms with van der Waals surface area (Å²) in [7, 11) is 3.14. The molecule has 212 valence electrons. The van der Waals surface area contributed by atoms with Crippen LogP contribution in [0.3, 0.4) is 0 Å². The summed E-state index contributed by atoms with van der Waals surface area (Å²) in [6.45, 7) is 1.46. The molecule has 39 heavy (non-hydrogen) atoms. The summed E-state index contributed by atoms with van der Waals surface area (Å²) in [5.41, 5.74) is 0.213. The van der Waals surface area contributed by atoms with Gasteiger partial charge in [0.05, 0.1) is 19.2 Å². The van der Waals surface area contributed by atoms with Crippen molar-refractivity contribution in [2.45, 2.75) is 42.8 Å². The molecule has 1 fully saturated rings. The molecule has 2 atom stereocenters. The van der Waals surface area contributed by atoms with E-state index in [1.807, 2.05) is 0 Å². The molecule has 0 aromatic carbocycles. The molecule has 3 aromatic rings. The van der Waals surface area contributed by atoms with Crippen molar-refractivity contribution in [1.29, 1.82) is 0 Å². The quantitative estimate of drug-likeness (QED) is 0.306. The van der Waals surface area contributed by atoms with Crippen molar-refractivity contribution in [2.24, 2.45) is 0 Å². The molecule has 1 aliphatic carbocycles. The third kappa shape index (κ3) is 5.47. The second-order valence-electron chi connectivity index (χ2n) is 8.65. The van der Waals surface area contributed by atoms with Crippen molar-refractivity contribution < 1.29 is 32.1 Å². The van der Waals surface area contributed by atoms with E-state index < -0.39 is 27.2 Å². The number of halogens is 1. The fourth-order valence-electron chi connectivity index (χ4n) is 4.33. The average Bonchev–Trinajstić information content (AvgIpc) is 3.31. The number of ether oxygens (including phenoxy) is 5. The number of rotatable bonds is 12. The van der Waals surface area contributed by atoms with Gasteiger partial charge in [-0.15, -0.1) is 10.2 Å². The Kier molecular flexibility index (Phi) is 8.51. The highest BCUT2D eigenvalue weighted by Gasteiger charge is 2.49. The van der Waals surface area contributed by atoms with Gasteiger partial charge in [-0.1, -0.05) is 11.6 Å². The number of hydrogen-bond acceptors (Lipinski definition) is 13. The van der Waals surface area contributed by atoms with Gasteiger partial charge in [-0.2, -0.15) is 9.97 Å². The molecule has 0 bridgehead atoms. The van der Waals surface area contributed by atoms with Crippen LogP contribution in [0.2, 0.25) is 5.02 Å². The summed E-state index contributed by atoms with van der Waals surface area (Å²) in [6, 6.07) is 0. The molecular weight excluding hydrogens is 556 g/mol. The van der Waals surface area contributed by atoms with Gasteiger partial charge in [0, 0.05) is 52.5 Å². The van der Waals surface area contributed by atoms with Crippen molar-refractivity contribution in [3.8, 4) is 17.4 Å². The first-order valence-electron chi connectivity index (χ1n) is 11.6. The molecular formula is C22H29ClN8O7S. The van der Waals surface area contributed by atoms with Gasteiger partial charge in [0.1, 0.15) is 23.5 Å². The number of sulfonamides is 1. The summed E-state index contributed by atoms with van der Waals surface area (Å²) < 4.78 is 58.6. The summed E-state index contributed by atoms with van der Waals surface area (Å²) in [4.78, 5) is 16.5. The van der Waals surface area contributed by atoms with Crippen LogP contribution in [0.1, 0.15) is 43.4 Å². The third-order valence-electron chi connectivity index (χ3n) is 6.58. The van der Waals surface area contributed by atoms with Gasteiger partial charge >= 0.3 is 0 Å². The van der Waals surface area contributed by atoms with Crippen LogP contribution in [-0.4, -0.2) is 89.7 Å². The zero-order valence-electron chi connectivity index (χ0n) is 22.2. The van der Waals surface area contributed by atoms with Crippen molar-refractivity contribution in [3.05, 3.63) is 35.4 Å². The van der Waals surface area contributed by atoms with Crippen molar-refractivity contribution in [1.82, 2.24) is 34.7 Å². The lowest BCUT2D eigenvalue weighted by Crippen LogP contribution is -2.46. The molecule has 4 rings (SSSR count). The summed E-state index contributed by atoms with van der Waals surface area (Å²) in [5.74, 6) is -0.359. The van der Waals surface area contributed by atoms with E-state index in [0.717, 1.165) is 0 Å². The molecule has 0 spiro atoms. The normalized spacial score (nSPS) is 16.8. The number of hydrogen-bond donors (Lipinski definition) is 1. The highest BCUT2D eigenvalue weighted by atomic mass is 35.5. The van der Waals surface area contributed by atoms with Crippen molar-refractivity contribution in [2.75, 3.05) is 40.3 Å². The highest BCUT2D eigenvalue weighted by Crippen LogP contribution is 2.48. The summed E-state index contributed by atoms with van der Waals surface area (Å²) in [5, 5.41) is 7.62. The van der Waals surface area contributed by atoms with Crippen LogP contribution in [0.25, 0.3) is 5.69 Å². The average molecular weight is 585 g/mol. The van der Waals surface area contributed by atoms with Crippen LogP contribution in [-0.2, 0) is 24.2 Å². The lowest BCUT2D eigenvalue weighted by atomic mass is 9.78. The van der Waals surface area contributed by atoms with Crippen molar-refractivity contribution >= 4 is 27.6 Å². The van der Waals surface area contributed by atoms with Gasteiger partial charge in [-0.05, 0) is 6.92 Å². The van der Waals surface area contributed by atoms with Crippen LogP contribution >= 0.6 is 11.6 Å². The van der Waals surface area contributed by atoms with Gasteiger partial charge in [0.15, 0.2) is 17.3 Å². The first kappa shape index (κ1) is 28.8. The fourth-order valence-corrected chi connectivity index (χ4v) is 5.56. The van der Waals surface area contributed by atoms with Crippen LogP contribution in [0, 0.1) is 0 Å². The van der Waals surface area contributed by atoms with Crippen LogP contribution < -0.4 is 14.2 Å². The van der Waals surface area contributed by atoms with Gasteiger partial charge < -0.3 is 23.7 Å². The zero-order valence-corrected chi connectivity index (χ0v) is 23.7. The Morgan fingerprint density at radius 2 is 1.59 bits per heavy atom. The van der Waals surface area contributed by atoms with Crippen molar-refractivity contribution in [3.63, 3.8) is 0 Å². The van der Waals surface area contributed by atoms with Gasteiger partial charge in [0.2, 0.25) is 27.7 Å². The SMILES string of the molecule is COc1ncnc(OC)c1-n1c(NS(=O)(=O)C(C)C(OC)c2ncc(Cl)cn2)nnc1C1CC(OC)(OC)C1. The minimum atomic E-state index is -4.17. The predicted octanol–water partition coefficient (Wildman–Crippen LogP) is 1.90. The lowest BCUT2D eigenvalue weighted by molar-refractivity contribution is -0.258. The van der Waals surface area contributed by atoms with Crippen LogP contribution in [0.5, 0.6) is 11.8 Å². The van der Waals surface area contributed by atoms with Gasteiger partial charge in [0.25, 0.3) is 0 Å². The number of aromatic nitrogens is 7. The molecule has 0 saturated heterocycles. The zero-order chi connectivity index (χ0) is 28.4. The molecule has 2 unspecified atom stereocenters. The highest BCUT2D eigenvalue weighted by molar-refractivity contribution is 7.93. The maximum atomic E-state index is 13.6. The molecule has 15 nitrogen and oxygen atoms in total. The van der Waals surface area contributed by atoms with E-state index in [4.69, 9.17) is 35.3 Å². The number of nitrogens with one attached hydrogen (secondary N) is 1. The minimum Gasteiger partial charge on any atom is -0.479 e. The van der Waals surface area contributed by atoms with Crippen LogP contribution in [0.4, 0.5) is 5.95 Å². The second-order valence-corrected chi connectivity index (χ2v) is 11.1. The second kappa shape index (κ2) is 11.5. The molecule has 1 aliphatic rings. The lowest BCUT2D eigenvalue weighted by Gasteiger charge is -2.44. The maximum absolute atomic E-state index is 13.6. The van der Waals surface area contributed by atoms with E-state index >= 15 is 0 Å². The molecule has 0 aliphatic heterocycles. The first-order chi connectivity index (χ1) is 18.6. The Balaban J connectivity index is 1.77. The first-order valence-corrected chi connectivity index (χ1v) is 13.6. The Labute approximate surface area is 230 Å².